The number of benzene rings is 2. The summed E-state index contributed by atoms with van der Waals surface area (Å²) in [6.45, 7) is 4.40. The highest BCUT2D eigenvalue weighted by molar-refractivity contribution is 6.30. The summed E-state index contributed by atoms with van der Waals surface area (Å²) >= 11 is 5.89. The van der Waals surface area contributed by atoms with Crippen LogP contribution in [-0.2, 0) is 11.2 Å². The van der Waals surface area contributed by atoms with Gasteiger partial charge in [0.25, 0.3) is 0 Å². The fourth-order valence-electron chi connectivity index (χ4n) is 3.09. The van der Waals surface area contributed by atoms with Crippen LogP contribution >= 0.6 is 11.6 Å². The maximum absolute atomic E-state index is 12.5. The van der Waals surface area contributed by atoms with Crippen molar-refractivity contribution in [3.8, 4) is 5.75 Å². The molecule has 1 aliphatic heterocycles. The van der Waals surface area contributed by atoms with Crippen molar-refractivity contribution in [3.63, 3.8) is 0 Å². The number of halogens is 1. The second kappa shape index (κ2) is 7.79. The third-order valence-corrected chi connectivity index (χ3v) is 4.73. The highest BCUT2D eigenvalue weighted by atomic mass is 35.5. The van der Waals surface area contributed by atoms with Gasteiger partial charge in [-0.05, 0) is 36.8 Å². The van der Waals surface area contributed by atoms with Gasteiger partial charge in [-0.3, -0.25) is 4.79 Å². The van der Waals surface area contributed by atoms with E-state index >= 15 is 0 Å². The van der Waals surface area contributed by atoms with Crippen molar-refractivity contribution in [3.05, 3.63) is 59.1 Å². The van der Waals surface area contributed by atoms with Crippen LogP contribution in [-0.4, -0.2) is 43.6 Å². The number of fused-ring (bicyclic) bond motifs is 1. The van der Waals surface area contributed by atoms with Crippen molar-refractivity contribution in [2.45, 2.75) is 19.4 Å². The van der Waals surface area contributed by atoms with Gasteiger partial charge >= 0.3 is 0 Å². The fourth-order valence-corrected chi connectivity index (χ4v) is 3.22. The maximum Gasteiger partial charge on any atom is 0.226 e. The highest BCUT2D eigenvalue weighted by Crippen LogP contribution is 2.32. The molecule has 0 aliphatic carbocycles. The number of carbonyl (C=O) groups is 1. The van der Waals surface area contributed by atoms with Crippen molar-refractivity contribution >= 4 is 23.2 Å². The van der Waals surface area contributed by atoms with E-state index in [1.807, 2.05) is 49.5 Å². The summed E-state index contributed by atoms with van der Waals surface area (Å²) in [4.78, 5) is 16.5. The Morgan fingerprint density at radius 3 is 2.68 bits per heavy atom. The van der Waals surface area contributed by atoms with Crippen LogP contribution in [0.1, 0.15) is 12.5 Å². The van der Waals surface area contributed by atoms with Gasteiger partial charge in [0, 0.05) is 18.6 Å². The van der Waals surface area contributed by atoms with E-state index in [2.05, 4.69) is 17.9 Å². The molecule has 0 spiro atoms. The van der Waals surface area contributed by atoms with Crippen LogP contribution in [0, 0.1) is 0 Å². The fraction of sp³-hybridized carbons (Fsp3) is 0.350. The molecule has 1 heterocycles. The lowest BCUT2D eigenvalue weighted by Gasteiger charge is -2.37. The van der Waals surface area contributed by atoms with Gasteiger partial charge in [0.2, 0.25) is 5.91 Å². The first-order chi connectivity index (χ1) is 12.1. The van der Waals surface area contributed by atoms with Crippen LogP contribution in [0.15, 0.2) is 48.5 Å². The molecule has 3 rings (SSSR count). The molecular formula is C20H23ClN2O2. The molecule has 0 aromatic heterocycles. The lowest BCUT2D eigenvalue weighted by Crippen LogP contribution is -2.47. The van der Waals surface area contributed by atoms with Crippen molar-refractivity contribution in [2.24, 2.45) is 0 Å². The van der Waals surface area contributed by atoms with Crippen LogP contribution in [0.2, 0.25) is 5.02 Å². The van der Waals surface area contributed by atoms with Gasteiger partial charge in [0.15, 0.2) is 0 Å². The first-order valence-electron chi connectivity index (χ1n) is 8.56. The van der Waals surface area contributed by atoms with Gasteiger partial charge in [-0.1, -0.05) is 35.9 Å². The summed E-state index contributed by atoms with van der Waals surface area (Å²) in [6, 6.07) is 15.5. The van der Waals surface area contributed by atoms with Crippen molar-refractivity contribution in [1.82, 2.24) is 4.90 Å². The molecule has 0 bridgehead atoms. The predicted molar refractivity (Wildman–Crippen MR) is 102 cm³/mol. The van der Waals surface area contributed by atoms with Crippen molar-refractivity contribution in [1.29, 1.82) is 0 Å². The van der Waals surface area contributed by atoms with E-state index < -0.39 is 0 Å². The quantitative estimate of drug-likeness (QED) is 0.818. The van der Waals surface area contributed by atoms with E-state index in [4.69, 9.17) is 16.3 Å². The topological polar surface area (TPSA) is 32.8 Å². The molecule has 1 amide bonds. The summed E-state index contributed by atoms with van der Waals surface area (Å²) in [7, 11) is 1.83. The summed E-state index contributed by atoms with van der Waals surface area (Å²) in [5.74, 6) is 0.965. The molecule has 0 saturated heterocycles. The smallest absolute Gasteiger partial charge is 0.226 e. The van der Waals surface area contributed by atoms with E-state index in [9.17, 15) is 4.79 Å². The Hall–Kier alpha value is -2.20. The molecule has 0 fully saturated rings. The lowest BCUT2D eigenvalue weighted by molar-refractivity contribution is -0.130. The Kier molecular flexibility index (Phi) is 5.49. The second-order valence-corrected chi connectivity index (χ2v) is 6.76. The van der Waals surface area contributed by atoms with Gasteiger partial charge < -0.3 is 14.5 Å². The second-order valence-electron chi connectivity index (χ2n) is 6.32. The molecule has 2 aromatic carbocycles. The predicted octanol–water partition coefficient (Wildman–Crippen LogP) is 3.63. The monoisotopic (exact) mass is 358 g/mol. The molecule has 0 saturated carbocycles. The summed E-state index contributed by atoms with van der Waals surface area (Å²) in [5, 5.41) is 0.679. The zero-order valence-corrected chi connectivity index (χ0v) is 15.4. The first kappa shape index (κ1) is 17.6. The normalized spacial score (nSPS) is 16.1. The maximum atomic E-state index is 12.5. The Labute approximate surface area is 154 Å². The molecule has 2 aromatic rings. The van der Waals surface area contributed by atoms with Crippen LogP contribution in [0.5, 0.6) is 5.75 Å². The van der Waals surface area contributed by atoms with E-state index in [1.54, 1.807) is 4.90 Å². The average Bonchev–Trinajstić information content (AvgIpc) is 2.62. The zero-order chi connectivity index (χ0) is 17.8. The largest absolute Gasteiger partial charge is 0.485 e. The molecule has 1 atom stereocenters. The molecule has 1 aliphatic rings. The molecular weight excluding hydrogens is 336 g/mol. The molecule has 0 N–H and O–H groups in total. The van der Waals surface area contributed by atoms with E-state index in [0.29, 0.717) is 18.0 Å². The highest BCUT2D eigenvalue weighted by Gasteiger charge is 2.26. The summed E-state index contributed by atoms with van der Waals surface area (Å²) in [5.41, 5.74) is 2.09. The lowest BCUT2D eigenvalue weighted by atomic mass is 10.1. The summed E-state index contributed by atoms with van der Waals surface area (Å²) < 4.78 is 6.10. The van der Waals surface area contributed by atoms with Gasteiger partial charge in [0.1, 0.15) is 11.9 Å². The number of rotatable bonds is 5. The van der Waals surface area contributed by atoms with E-state index in [1.165, 1.54) is 0 Å². The SMILES string of the molecule is CCN1C[C@@H](CN(C)C(=O)Cc2ccc(Cl)cc2)Oc2ccccc21. The Bertz CT molecular complexity index is 733. The number of hydrogen-bond acceptors (Lipinski definition) is 3. The molecule has 0 unspecified atom stereocenters. The molecule has 4 nitrogen and oxygen atoms in total. The molecule has 132 valence electrons. The molecule has 25 heavy (non-hydrogen) atoms. The van der Waals surface area contributed by atoms with Gasteiger partial charge in [-0.2, -0.15) is 0 Å². The van der Waals surface area contributed by atoms with Crippen LogP contribution in [0.4, 0.5) is 5.69 Å². The van der Waals surface area contributed by atoms with Crippen LogP contribution < -0.4 is 9.64 Å². The van der Waals surface area contributed by atoms with Crippen molar-refractivity contribution in [2.75, 3.05) is 31.6 Å². The number of para-hydroxylation sites is 2. The van der Waals surface area contributed by atoms with Crippen LogP contribution in [0.25, 0.3) is 0 Å². The minimum Gasteiger partial charge on any atom is -0.485 e. The van der Waals surface area contributed by atoms with Gasteiger partial charge in [0.05, 0.1) is 25.2 Å². The number of nitrogens with zero attached hydrogens (tertiary/aromatic N) is 2. The Morgan fingerprint density at radius 1 is 1.24 bits per heavy atom. The minimum atomic E-state index is -0.0333. The third kappa shape index (κ3) is 4.26. The zero-order valence-electron chi connectivity index (χ0n) is 14.6. The van der Waals surface area contributed by atoms with Gasteiger partial charge in [-0.25, -0.2) is 0 Å². The number of carbonyl (C=O) groups excluding carboxylic acids is 1. The van der Waals surface area contributed by atoms with E-state index in [0.717, 1.165) is 30.1 Å². The number of amides is 1. The first-order valence-corrected chi connectivity index (χ1v) is 8.93. The number of likely N-dealkylation sites (N-methyl/N-ethyl adjacent to an activating group) is 2. The number of hydrogen-bond donors (Lipinski definition) is 0. The average molecular weight is 359 g/mol. The minimum absolute atomic E-state index is 0.0333. The van der Waals surface area contributed by atoms with Crippen LogP contribution in [0.3, 0.4) is 0 Å². The molecule has 5 heteroatoms. The standard InChI is InChI=1S/C20H23ClN2O2/c1-3-23-14-17(25-19-7-5-4-6-18(19)23)13-22(2)20(24)12-15-8-10-16(21)11-9-15/h4-11,17H,3,12-14H2,1-2H3/t17-/m1/s1. The van der Waals surface area contributed by atoms with Crippen molar-refractivity contribution < 1.29 is 9.53 Å². The molecule has 0 radical (unpaired) electrons. The van der Waals surface area contributed by atoms with E-state index in [-0.39, 0.29) is 12.0 Å². The summed E-state index contributed by atoms with van der Waals surface area (Å²) in [6.07, 6.45) is 0.336. The van der Waals surface area contributed by atoms with Gasteiger partial charge in [-0.15, -0.1) is 0 Å². The third-order valence-electron chi connectivity index (χ3n) is 4.48. The Morgan fingerprint density at radius 2 is 1.96 bits per heavy atom. The Balaban J connectivity index is 1.62. The number of ether oxygens (including phenoxy) is 1. The number of anilines is 1.